The first-order chi connectivity index (χ1) is 20.6. The van der Waals surface area contributed by atoms with Crippen LogP contribution in [0.3, 0.4) is 0 Å². The molecule has 12 heteroatoms. The van der Waals surface area contributed by atoms with Crippen LogP contribution in [0.2, 0.25) is 0 Å². The maximum atomic E-state index is 13.9. The molecule has 0 aliphatic rings. The Bertz CT molecular complexity index is 1730. The van der Waals surface area contributed by atoms with E-state index in [0.717, 1.165) is 4.57 Å². The summed E-state index contributed by atoms with van der Waals surface area (Å²) in [6.45, 7) is 0. The van der Waals surface area contributed by atoms with Crippen molar-refractivity contribution in [1.29, 1.82) is 0 Å². The summed E-state index contributed by atoms with van der Waals surface area (Å²) in [6, 6.07) is 19.8. The number of fused-ring (bicyclic) bond motifs is 1. The standard InChI is InChI=1S/C31H31N5O7/c32-26(37)16-15-23(30(41)42)33-27(38)24(17-19-9-3-1-4-10-19)34-28(39)25(18-20-11-5-2-6-12-20)36-29(40)21-13-7-8-14-22(21)35-31(36)43/h1-14,23-25H,15-18H2,(H2,32,37)(H,33,38)(H,34,39)(H,35,43)(H,41,42). The van der Waals surface area contributed by atoms with Gasteiger partial charge in [0.05, 0.1) is 10.9 Å². The Morgan fingerprint density at radius 3 is 1.93 bits per heavy atom. The average Bonchev–Trinajstić information content (AvgIpc) is 2.99. The number of aliphatic carboxylic acids is 1. The van der Waals surface area contributed by atoms with Crippen LogP contribution in [-0.4, -0.2) is 50.4 Å². The molecule has 3 aromatic carbocycles. The summed E-state index contributed by atoms with van der Waals surface area (Å²) >= 11 is 0. The third kappa shape index (κ3) is 7.82. The molecule has 0 spiro atoms. The minimum atomic E-state index is -1.44. The summed E-state index contributed by atoms with van der Waals surface area (Å²) < 4.78 is 0.828. The van der Waals surface area contributed by atoms with E-state index >= 15 is 0 Å². The monoisotopic (exact) mass is 585 g/mol. The SMILES string of the molecule is NC(=O)CCC(NC(=O)C(Cc1ccccc1)NC(=O)C(Cc1ccccc1)n1c(=O)[nH]c2ccccc2c1=O)C(=O)O. The molecule has 6 N–H and O–H groups in total. The number of hydrogen-bond donors (Lipinski definition) is 5. The second kappa shape index (κ2) is 13.9. The molecule has 0 fully saturated rings. The van der Waals surface area contributed by atoms with Crippen LogP contribution in [0.1, 0.15) is 30.0 Å². The highest BCUT2D eigenvalue weighted by atomic mass is 16.4. The zero-order valence-corrected chi connectivity index (χ0v) is 23.1. The number of rotatable bonds is 13. The van der Waals surface area contributed by atoms with E-state index in [2.05, 4.69) is 15.6 Å². The molecule has 0 bridgehead atoms. The number of benzene rings is 3. The number of hydrogen-bond acceptors (Lipinski definition) is 6. The lowest BCUT2D eigenvalue weighted by Gasteiger charge is -2.25. The predicted octanol–water partition coefficient (Wildman–Crippen LogP) is 1.04. The molecule has 12 nitrogen and oxygen atoms in total. The number of carboxylic acid groups (broad SMARTS) is 1. The second-order valence-corrected chi connectivity index (χ2v) is 10.0. The Hall–Kier alpha value is -5.52. The summed E-state index contributed by atoms with van der Waals surface area (Å²) in [4.78, 5) is 79.8. The quantitative estimate of drug-likeness (QED) is 0.155. The van der Waals surface area contributed by atoms with Gasteiger partial charge in [-0.25, -0.2) is 14.2 Å². The van der Waals surface area contributed by atoms with Gasteiger partial charge < -0.3 is 26.5 Å². The third-order valence-electron chi connectivity index (χ3n) is 6.93. The normalized spacial score (nSPS) is 13.0. The molecule has 0 aliphatic heterocycles. The van der Waals surface area contributed by atoms with Crippen LogP contribution in [0, 0.1) is 0 Å². The van der Waals surface area contributed by atoms with Gasteiger partial charge >= 0.3 is 11.7 Å². The van der Waals surface area contributed by atoms with E-state index in [-0.39, 0.29) is 31.1 Å². The van der Waals surface area contributed by atoms with Crippen molar-refractivity contribution in [2.75, 3.05) is 0 Å². The highest BCUT2D eigenvalue weighted by molar-refractivity contribution is 5.92. The van der Waals surface area contributed by atoms with Crippen LogP contribution >= 0.6 is 0 Å². The summed E-state index contributed by atoms with van der Waals surface area (Å²) in [5.41, 5.74) is 5.29. The fourth-order valence-electron chi connectivity index (χ4n) is 4.74. The molecule has 0 radical (unpaired) electrons. The largest absolute Gasteiger partial charge is 0.480 e. The highest BCUT2D eigenvalue weighted by Gasteiger charge is 2.31. The number of aromatic amines is 1. The van der Waals surface area contributed by atoms with Crippen LogP contribution in [0.4, 0.5) is 0 Å². The van der Waals surface area contributed by atoms with Crippen molar-refractivity contribution in [3.8, 4) is 0 Å². The number of amides is 3. The number of nitrogens with one attached hydrogen (secondary N) is 3. The number of H-pyrrole nitrogens is 1. The van der Waals surface area contributed by atoms with Crippen molar-refractivity contribution in [2.24, 2.45) is 5.73 Å². The zero-order valence-electron chi connectivity index (χ0n) is 23.1. The van der Waals surface area contributed by atoms with E-state index in [0.29, 0.717) is 16.6 Å². The molecule has 3 unspecified atom stereocenters. The molecule has 222 valence electrons. The fourth-order valence-corrected chi connectivity index (χ4v) is 4.74. The molecular formula is C31H31N5O7. The minimum Gasteiger partial charge on any atom is -0.480 e. The Morgan fingerprint density at radius 2 is 1.33 bits per heavy atom. The summed E-state index contributed by atoms with van der Waals surface area (Å²) in [6.07, 6.45) is -0.605. The molecule has 43 heavy (non-hydrogen) atoms. The molecule has 4 aromatic rings. The van der Waals surface area contributed by atoms with E-state index in [1.807, 2.05) is 0 Å². The number of carbonyl (C=O) groups is 4. The molecule has 0 aliphatic carbocycles. The minimum absolute atomic E-state index is 0.0262. The number of primary amides is 1. The summed E-state index contributed by atoms with van der Waals surface area (Å²) in [5.74, 6) is -3.74. The zero-order chi connectivity index (χ0) is 30.9. The maximum absolute atomic E-state index is 13.9. The predicted molar refractivity (Wildman–Crippen MR) is 158 cm³/mol. The second-order valence-electron chi connectivity index (χ2n) is 10.0. The summed E-state index contributed by atoms with van der Waals surface area (Å²) in [5, 5.41) is 14.8. The van der Waals surface area contributed by atoms with Gasteiger partial charge in [0.25, 0.3) is 5.56 Å². The van der Waals surface area contributed by atoms with Crippen molar-refractivity contribution >= 4 is 34.6 Å². The van der Waals surface area contributed by atoms with Gasteiger partial charge in [-0.15, -0.1) is 0 Å². The average molecular weight is 586 g/mol. The first kappa shape index (κ1) is 30.4. The molecule has 3 amide bonds. The van der Waals surface area contributed by atoms with Crippen molar-refractivity contribution in [2.45, 2.75) is 43.8 Å². The molecule has 1 heterocycles. The van der Waals surface area contributed by atoms with E-state index in [9.17, 15) is 33.9 Å². The number of carbonyl (C=O) groups excluding carboxylic acids is 3. The van der Waals surface area contributed by atoms with Gasteiger partial charge in [-0.2, -0.15) is 0 Å². The molecule has 3 atom stereocenters. The van der Waals surface area contributed by atoms with Crippen LogP contribution in [0.25, 0.3) is 10.9 Å². The number of nitrogens with zero attached hydrogens (tertiary/aromatic N) is 1. The lowest BCUT2D eigenvalue weighted by molar-refractivity contribution is -0.142. The van der Waals surface area contributed by atoms with Gasteiger partial charge in [-0.1, -0.05) is 72.8 Å². The van der Waals surface area contributed by atoms with Crippen LogP contribution in [-0.2, 0) is 32.0 Å². The van der Waals surface area contributed by atoms with E-state index in [1.165, 1.54) is 6.07 Å². The number of carboxylic acids is 1. The topological polar surface area (TPSA) is 193 Å². The molecule has 0 saturated carbocycles. The molecular weight excluding hydrogens is 554 g/mol. The number of nitrogens with two attached hydrogens (primary N) is 1. The molecule has 0 saturated heterocycles. The highest BCUT2D eigenvalue weighted by Crippen LogP contribution is 2.15. The Balaban J connectivity index is 1.71. The van der Waals surface area contributed by atoms with Crippen molar-refractivity contribution < 1.29 is 24.3 Å². The van der Waals surface area contributed by atoms with E-state index in [1.54, 1.807) is 78.9 Å². The van der Waals surface area contributed by atoms with Gasteiger partial charge in [0.15, 0.2) is 0 Å². The fraction of sp³-hybridized carbons (Fsp3) is 0.226. The maximum Gasteiger partial charge on any atom is 0.329 e. The van der Waals surface area contributed by atoms with Crippen molar-refractivity contribution in [3.63, 3.8) is 0 Å². The first-order valence-electron chi connectivity index (χ1n) is 13.6. The summed E-state index contributed by atoms with van der Waals surface area (Å²) in [7, 11) is 0. The van der Waals surface area contributed by atoms with Crippen LogP contribution in [0.5, 0.6) is 0 Å². The van der Waals surface area contributed by atoms with Crippen molar-refractivity contribution in [1.82, 2.24) is 20.2 Å². The molecule has 1 aromatic heterocycles. The Morgan fingerprint density at radius 1 is 0.767 bits per heavy atom. The van der Waals surface area contributed by atoms with Gasteiger partial charge in [0.1, 0.15) is 18.1 Å². The van der Waals surface area contributed by atoms with Gasteiger partial charge in [0, 0.05) is 19.3 Å². The van der Waals surface area contributed by atoms with Gasteiger partial charge in [-0.05, 0) is 29.7 Å². The Kier molecular flexibility index (Phi) is 9.84. The third-order valence-corrected chi connectivity index (χ3v) is 6.93. The first-order valence-corrected chi connectivity index (χ1v) is 13.6. The Labute approximate surface area is 245 Å². The smallest absolute Gasteiger partial charge is 0.329 e. The number of para-hydroxylation sites is 1. The van der Waals surface area contributed by atoms with Gasteiger partial charge in [-0.3, -0.25) is 19.2 Å². The molecule has 4 rings (SSSR count). The van der Waals surface area contributed by atoms with Crippen molar-refractivity contribution in [3.05, 3.63) is 117 Å². The lowest BCUT2D eigenvalue weighted by atomic mass is 10.0. The lowest BCUT2D eigenvalue weighted by Crippen LogP contribution is -2.55. The van der Waals surface area contributed by atoms with Gasteiger partial charge in [0.2, 0.25) is 17.7 Å². The van der Waals surface area contributed by atoms with Crippen LogP contribution in [0.15, 0.2) is 94.5 Å². The van der Waals surface area contributed by atoms with Crippen LogP contribution < -0.4 is 27.6 Å². The number of aromatic nitrogens is 2. The van der Waals surface area contributed by atoms with E-state index < -0.39 is 53.1 Å². The van der Waals surface area contributed by atoms with E-state index in [4.69, 9.17) is 5.73 Å².